The number of benzene rings is 1. The fourth-order valence-electron chi connectivity index (χ4n) is 7.07. The Labute approximate surface area is 254 Å². The van der Waals surface area contributed by atoms with Crippen LogP contribution in [0.2, 0.25) is 19.6 Å². The highest BCUT2D eigenvalue weighted by atomic mass is 28.3. The van der Waals surface area contributed by atoms with Gasteiger partial charge in [-0.05, 0) is 55.7 Å². The fourth-order valence-corrected chi connectivity index (χ4v) is 8.72. The van der Waals surface area contributed by atoms with Crippen molar-refractivity contribution in [2.24, 2.45) is 10.4 Å². The standard InChI is InChI=1S/C36H49N4OSi/c1-22-33-25(4)41-35(37-8)24(3)39(9)30(33)18-17-29-27-15-13-14-16-28(27)31-19-26(20-36(5,6)7)32(42(10,11)12)21-40(31)34(29)23(2)38-22/h13-16,19,21,29,34,37H,2,4,17-18,20H2,1,3,5-12H3/q+1/b38-22-. The number of ether oxygens (including phenoxy) is 1. The van der Waals surface area contributed by atoms with Crippen molar-refractivity contribution in [3.63, 3.8) is 0 Å². The summed E-state index contributed by atoms with van der Waals surface area (Å²) in [6.45, 7) is 27.6. The number of nitrogens with one attached hydrogen (secondary N) is 1. The van der Waals surface area contributed by atoms with Gasteiger partial charge in [0.2, 0.25) is 17.6 Å². The van der Waals surface area contributed by atoms with Crippen LogP contribution in [-0.4, -0.2) is 32.8 Å². The lowest BCUT2D eigenvalue weighted by atomic mass is 9.78. The molecule has 5 rings (SSSR count). The van der Waals surface area contributed by atoms with Gasteiger partial charge in [0.1, 0.15) is 11.5 Å². The van der Waals surface area contributed by atoms with Crippen LogP contribution in [0.15, 0.2) is 89.0 Å². The highest BCUT2D eigenvalue weighted by molar-refractivity contribution is 6.89. The van der Waals surface area contributed by atoms with E-state index in [0.29, 0.717) is 11.6 Å². The Morgan fingerprint density at radius 2 is 1.83 bits per heavy atom. The van der Waals surface area contributed by atoms with Crippen LogP contribution in [0.5, 0.6) is 0 Å². The Morgan fingerprint density at radius 1 is 1.14 bits per heavy atom. The molecule has 0 bridgehead atoms. The number of hydrogen-bond acceptors (Lipinski definition) is 4. The molecule has 6 heteroatoms. The van der Waals surface area contributed by atoms with Crippen LogP contribution in [0, 0.1) is 5.41 Å². The van der Waals surface area contributed by atoms with E-state index in [2.05, 4.69) is 126 Å². The van der Waals surface area contributed by atoms with Crippen LogP contribution in [0.3, 0.4) is 0 Å². The van der Waals surface area contributed by atoms with Crippen LogP contribution >= 0.6 is 0 Å². The Hall–Kier alpha value is -3.38. The molecular weight excluding hydrogens is 533 g/mol. The zero-order valence-corrected chi connectivity index (χ0v) is 28.4. The van der Waals surface area contributed by atoms with Crippen LogP contribution in [0.4, 0.5) is 0 Å². The van der Waals surface area contributed by atoms with Gasteiger partial charge in [-0.1, -0.05) is 71.8 Å². The summed E-state index contributed by atoms with van der Waals surface area (Å²) in [4.78, 5) is 7.51. The third kappa shape index (κ3) is 5.30. The number of pyridine rings is 1. The predicted octanol–water partition coefficient (Wildman–Crippen LogP) is 7.32. The van der Waals surface area contributed by atoms with E-state index in [0.717, 1.165) is 41.9 Å². The summed E-state index contributed by atoms with van der Waals surface area (Å²) in [7, 11) is 2.35. The summed E-state index contributed by atoms with van der Waals surface area (Å²) < 4.78 is 8.79. The molecule has 3 aliphatic rings. The van der Waals surface area contributed by atoms with Gasteiger partial charge >= 0.3 is 0 Å². The first-order valence-electron chi connectivity index (χ1n) is 15.3. The molecule has 1 aromatic heterocycles. The molecule has 222 valence electrons. The maximum atomic E-state index is 6.26. The molecule has 3 aliphatic heterocycles. The minimum atomic E-state index is -1.66. The van der Waals surface area contributed by atoms with Gasteiger partial charge in [0.25, 0.3) is 0 Å². The van der Waals surface area contributed by atoms with Crippen LogP contribution < -0.4 is 15.1 Å². The van der Waals surface area contributed by atoms with Crippen LogP contribution in [0.1, 0.15) is 70.5 Å². The van der Waals surface area contributed by atoms with Crippen molar-refractivity contribution in [2.45, 2.75) is 85.5 Å². The highest BCUT2D eigenvalue weighted by Crippen LogP contribution is 2.46. The normalized spacial score (nSPS) is 22.4. The number of allylic oxidation sites excluding steroid dienone is 4. The van der Waals surface area contributed by atoms with Gasteiger partial charge in [0.15, 0.2) is 6.20 Å². The minimum Gasteiger partial charge on any atom is -0.439 e. The molecule has 1 aromatic carbocycles. The molecule has 2 atom stereocenters. The second-order valence-corrected chi connectivity index (χ2v) is 19.5. The van der Waals surface area contributed by atoms with E-state index in [1.54, 1.807) is 0 Å². The van der Waals surface area contributed by atoms with Gasteiger partial charge in [-0.15, -0.1) is 0 Å². The predicted molar refractivity (Wildman–Crippen MR) is 178 cm³/mol. The molecule has 5 nitrogen and oxygen atoms in total. The van der Waals surface area contributed by atoms with Crippen molar-refractivity contribution >= 4 is 19.0 Å². The van der Waals surface area contributed by atoms with Crippen molar-refractivity contribution in [2.75, 3.05) is 14.1 Å². The van der Waals surface area contributed by atoms with Crippen molar-refractivity contribution in [3.05, 3.63) is 95.1 Å². The Kier molecular flexibility index (Phi) is 7.67. The molecule has 0 amide bonds. The molecule has 0 spiro atoms. The maximum absolute atomic E-state index is 6.26. The van der Waals surface area contributed by atoms with Gasteiger partial charge in [-0.3, -0.25) is 4.99 Å². The van der Waals surface area contributed by atoms with E-state index < -0.39 is 8.07 Å². The van der Waals surface area contributed by atoms with Crippen molar-refractivity contribution in [3.8, 4) is 11.3 Å². The van der Waals surface area contributed by atoms with E-state index in [1.165, 1.54) is 33.3 Å². The lowest BCUT2D eigenvalue weighted by Gasteiger charge is -2.33. The van der Waals surface area contributed by atoms with Gasteiger partial charge < -0.3 is 15.0 Å². The zero-order valence-electron chi connectivity index (χ0n) is 27.4. The molecule has 2 unspecified atom stereocenters. The number of hydrogen-bond donors (Lipinski definition) is 1. The first kappa shape index (κ1) is 30.1. The van der Waals surface area contributed by atoms with E-state index in [-0.39, 0.29) is 17.4 Å². The molecule has 4 heterocycles. The summed E-state index contributed by atoms with van der Waals surface area (Å²) in [6, 6.07) is 11.5. The summed E-state index contributed by atoms with van der Waals surface area (Å²) in [6.07, 6.45) is 5.38. The van der Waals surface area contributed by atoms with Crippen molar-refractivity contribution in [1.82, 2.24) is 10.2 Å². The lowest BCUT2D eigenvalue weighted by molar-refractivity contribution is -0.708. The lowest BCUT2D eigenvalue weighted by Crippen LogP contribution is -2.54. The van der Waals surface area contributed by atoms with E-state index >= 15 is 0 Å². The molecule has 0 radical (unpaired) electrons. The number of fused-ring (bicyclic) bond motifs is 6. The molecule has 0 saturated heterocycles. The summed E-state index contributed by atoms with van der Waals surface area (Å²) >= 11 is 0. The fraction of sp³-hybridized carbons (Fsp3) is 0.444. The highest BCUT2D eigenvalue weighted by Gasteiger charge is 2.44. The average Bonchev–Trinajstić information content (AvgIpc) is 2.94. The average molecular weight is 582 g/mol. The molecule has 0 aliphatic carbocycles. The van der Waals surface area contributed by atoms with E-state index in [1.807, 2.05) is 7.05 Å². The first-order chi connectivity index (χ1) is 19.6. The quantitative estimate of drug-likeness (QED) is 0.305. The van der Waals surface area contributed by atoms with Crippen LogP contribution in [0.25, 0.3) is 11.3 Å². The number of aliphatic imine (C=N–C) groups is 1. The molecule has 1 N–H and O–H groups in total. The first-order valence-corrected chi connectivity index (χ1v) is 18.8. The summed E-state index contributed by atoms with van der Waals surface area (Å²) in [5.41, 5.74) is 10.7. The second-order valence-electron chi connectivity index (χ2n) is 14.4. The third-order valence-electron chi connectivity index (χ3n) is 9.01. The molecule has 0 saturated carbocycles. The van der Waals surface area contributed by atoms with Gasteiger partial charge in [0, 0.05) is 36.6 Å². The third-order valence-corrected chi connectivity index (χ3v) is 11.1. The van der Waals surface area contributed by atoms with Gasteiger partial charge in [-0.25, -0.2) is 0 Å². The number of nitrogens with zero attached hydrogens (tertiary/aromatic N) is 3. The monoisotopic (exact) mass is 581 g/mol. The summed E-state index contributed by atoms with van der Waals surface area (Å²) in [5, 5.41) is 4.74. The minimum absolute atomic E-state index is 0.0242. The van der Waals surface area contributed by atoms with E-state index in [4.69, 9.17) is 9.73 Å². The Morgan fingerprint density at radius 3 is 2.48 bits per heavy atom. The van der Waals surface area contributed by atoms with Gasteiger partial charge in [0.05, 0.1) is 31.0 Å². The second kappa shape index (κ2) is 10.7. The molecule has 0 fully saturated rings. The van der Waals surface area contributed by atoms with Crippen LogP contribution in [-0.2, 0) is 11.2 Å². The zero-order chi connectivity index (χ0) is 30.7. The Balaban J connectivity index is 1.73. The number of aromatic nitrogens is 1. The largest absolute Gasteiger partial charge is 0.439 e. The SMILES string of the molecule is C=C1OC(NC)=C(C)N(C)C2=C1/C(C)=N\C(=C)C1C(CC2)c2ccccc2-c2cc(CC(C)(C)C)c([Si](C)(C)C)c[n+]21. The number of rotatable bonds is 3. The van der Waals surface area contributed by atoms with Crippen molar-refractivity contribution < 1.29 is 9.30 Å². The molecular formula is C36H49N4OSi+. The van der Waals surface area contributed by atoms with E-state index in [9.17, 15) is 0 Å². The van der Waals surface area contributed by atoms with Gasteiger partial charge in [-0.2, -0.15) is 4.57 Å². The molecule has 42 heavy (non-hydrogen) atoms. The Bertz CT molecular complexity index is 1560. The summed E-state index contributed by atoms with van der Waals surface area (Å²) in [5.74, 6) is 1.57. The topological polar surface area (TPSA) is 40.7 Å². The smallest absolute Gasteiger partial charge is 0.213 e. The van der Waals surface area contributed by atoms with Crippen molar-refractivity contribution in [1.29, 1.82) is 0 Å². The maximum Gasteiger partial charge on any atom is 0.213 e. The molecule has 2 aromatic rings.